The standard InChI is InChI=1S/C9H18N4O4/c1-5(7(14)15)13-9(11)12-4-2-3-6(10)8(16)17/h5-6H,2-4,10H2,1H3,(H,14,15)(H,16,17)(H3,11,12,13)/t5?,6-/m0/s1. The largest absolute Gasteiger partial charge is 0.480 e. The average Bonchev–Trinajstić information content (AvgIpc) is 2.23. The summed E-state index contributed by atoms with van der Waals surface area (Å²) in [4.78, 5) is 24.7. The topological polar surface area (TPSA) is 151 Å². The third-order valence-corrected chi connectivity index (χ3v) is 2.01. The summed E-state index contributed by atoms with van der Waals surface area (Å²) >= 11 is 0. The zero-order valence-electron chi connectivity index (χ0n) is 9.59. The first-order valence-electron chi connectivity index (χ1n) is 5.12. The number of nitrogens with two attached hydrogens (primary N) is 2. The summed E-state index contributed by atoms with van der Waals surface area (Å²) in [6.07, 6.45) is 0.762. The average molecular weight is 246 g/mol. The Labute approximate surface area is 98.7 Å². The van der Waals surface area contributed by atoms with Crippen LogP contribution in [0.4, 0.5) is 0 Å². The zero-order chi connectivity index (χ0) is 13.4. The highest BCUT2D eigenvalue weighted by Gasteiger charge is 2.11. The number of aliphatic imine (C=N–C) groups is 1. The molecule has 0 spiro atoms. The zero-order valence-corrected chi connectivity index (χ0v) is 9.59. The molecule has 0 radical (unpaired) electrons. The molecule has 0 bridgehead atoms. The summed E-state index contributed by atoms with van der Waals surface area (Å²) in [5.41, 5.74) is 10.7. The van der Waals surface area contributed by atoms with Gasteiger partial charge in [0, 0.05) is 6.54 Å². The highest BCUT2D eigenvalue weighted by molar-refractivity contribution is 5.84. The van der Waals surface area contributed by atoms with Crippen LogP contribution in [0.1, 0.15) is 19.8 Å². The van der Waals surface area contributed by atoms with Crippen molar-refractivity contribution in [2.24, 2.45) is 16.5 Å². The number of hydrogen-bond acceptors (Lipinski definition) is 4. The van der Waals surface area contributed by atoms with Crippen LogP contribution in [-0.4, -0.2) is 46.7 Å². The molecule has 0 amide bonds. The highest BCUT2D eigenvalue weighted by atomic mass is 16.4. The maximum atomic E-state index is 10.5. The molecule has 0 rings (SSSR count). The summed E-state index contributed by atoms with van der Waals surface area (Å²) in [6.45, 7) is 1.73. The van der Waals surface area contributed by atoms with Gasteiger partial charge in [0.15, 0.2) is 5.96 Å². The molecule has 0 saturated carbocycles. The maximum Gasteiger partial charge on any atom is 0.325 e. The Kier molecular flexibility index (Phi) is 6.64. The first-order chi connectivity index (χ1) is 7.84. The second kappa shape index (κ2) is 7.44. The van der Waals surface area contributed by atoms with Crippen molar-refractivity contribution in [1.82, 2.24) is 5.32 Å². The van der Waals surface area contributed by atoms with Crippen molar-refractivity contribution in [3.63, 3.8) is 0 Å². The van der Waals surface area contributed by atoms with Crippen LogP contribution in [0.3, 0.4) is 0 Å². The monoisotopic (exact) mass is 246 g/mol. The van der Waals surface area contributed by atoms with E-state index in [1.165, 1.54) is 6.92 Å². The summed E-state index contributed by atoms with van der Waals surface area (Å²) in [5, 5.41) is 19.6. The molecule has 0 aliphatic carbocycles. The maximum absolute atomic E-state index is 10.5. The smallest absolute Gasteiger partial charge is 0.325 e. The van der Waals surface area contributed by atoms with Gasteiger partial charge in [-0.05, 0) is 19.8 Å². The van der Waals surface area contributed by atoms with Crippen molar-refractivity contribution < 1.29 is 19.8 Å². The van der Waals surface area contributed by atoms with Crippen LogP contribution in [0.2, 0.25) is 0 Å². The second-order valence-electron chi connectivity index (χ2n) is 3.56. The fraction of sp³-hybridized carbons (Fsp3) is 0.667. The van der Waals surface area contributed by atoms with E-state index in [0.29, 0.717) is 19.4 Å². The van der Waals surface area contributed by atoms with Gasteiger partial charge in [0.05, 0.1) is 0 Å². The Morgan fingerprint density at radius 1 is 1.35 bits per heavy atom. The van der Waals surface area contributed by atoms with Crippen LogP contribution < -0.4 is 16.8 Å². The molecule has 1 unspecified atom stereocenters. The summed E-state index contributed by atoms with van der Waals surface area (Å²) in [7, 11) is 0. The fourth-order valence-electron chi connectivity index (χ4n) is 0.963. The van der Waals surface area contributed by atoms with Gasteiger partial charge < -0.3 is 27.0 Å². The molecule has 0 fully saturated rings. The van der Waals surface area contributed by atoms with Gasteiger partial charge in [-0.2, -0.15) is 0 Å². The van der Waals surface area contributed by atoms with Crippen LogP contribution in [0.25, 0.3) is 0 Å². The summed E-state index contributed by atoms with van der Waals surface area (Å²) in [6, 6.07) is -1.72. The van der Waals surface area contributed by atoms with Crippen LogP contribution >= 0.6 is 0 Å². The number of carboxylic acids is 2. The van der Waals surface area contributed by atoms with E-state index in [-0.39, 0.29) is 5.96 Å². The lowest BCUT2D eigenvalue weighted by Crippen LogP contribution is -2.42. The second-order valence-corrected chi connectivity index (χ2v) is 3.56. The molecule has 2 atom stereocenters. The lowest BCUT2D eigenvalue weighted by atomic mass is 10.2. The molecule has 17 heavy (non-hydrogen) atoms. The molecule has 0 aromatic carbocycles. The lowest BCUT2D eigenvalue weighted by molar-refractivity contribution is -0.139. The van der Waals surface area contributed by atoms with Crippen LogP contribution in [0, 0.1) is 0 Å². The number of carboxylic acid groups (broad SMARTS) is 2. The number of nitrogens with zero attached hydrogens (tertiary/aromatic N) is 1. The number of rotatable bonds is 7. The first kappa shape index (κ1) is 15.2. The van der Waals surface area contributed by atoms with Crippen molar-refractivity contribution in [1.29, 1.82) is 0 Å². The number of hydrogen-bond donors (Lipinski definition) is 5. The molecule has 7 N–H and O–H groups in total. The van der Waals surface area contributed by atoms with E-state index < -0.39 is 24.0 Å². The number of nitrogens with one attached hydrogen (secondary N) is 1. The minimum absolute atomic E-state index is 0.0174. The molecule has 0 heterocycles. The fourth-order valence-corrected chi connectivity index (χ4v) is 0.963. The van der Waals surface area contributed by atoms with Crippen molar-refractivity contribution in [2.75, 3.05) is 6.54 Å². The normalized spacial score (nSPS) is 15.1. The third kappa shape index (κ3) is 7.12. The van der Waals surface area contributed by atoms with E-state index in [1.54, 1.807) is 0 Å². The van der Waals surface area contributed by atoms with E-state index >= 15 is 0 Å². The van der Waals surface area contributed by atoms with Gasteiger partial charge in [0.1, 0.15) is 12.1 Å². The Bertz CT molecular complexity index is 305. The number of carbonyl (C=O) groups is 2. The quantitative estimate of drug-likeness (QED) is 0.209. The Hall–Kier alpha value is -1.83. The lowest BCUT2D eigenvalue weighted by Gasteiger charge is -2.09. The van der Waals surface area contributed by atoms with Crippen molar-refractivity contribution >= 4 is 17.9 Å². The van der Waals surface area contributed by atoms with Crippen LogP contribution in [0.5, 0.6) is 0 Å². The van der Waals surface area contributed by atoms with E-state index in [9.17, 15) is 9.59 Å². The molecule has 0 aliphatic rings. The molecule has 8 heteroatoms. The predicted octanol–water partition coefficient (Wildman–Crippen LogP) is -1.44. The number of guanidine groups is 1. The predicted molar refractivity (Wildman–Crippen MR) is 61.6 cm³/mol. The molecule has 0 aromatic heterocycles. The van der Waals surface area contributed by atoms with Gasteiger partial charge in [-0.15, -0.1) is 0 Å². The molecule has 0 aliphatic heterocycles. The highest BCUT2D eigenvalue weighted by Crippen LogP contribution is 1.95. The molecular formula is C9H18N4O4. The van der Waals surface area contributed by atoms with Gasteiger partial charge in [-0.25, -0.2) is 0 Å². The van der Waals surface area contributed by atoms with Crippen LogP contribution in [-0.2, 0) is 9.59 Å². The minimum Gasteiger partial charge on any atom is -0.480 e. The molecule has 0 aromatic rings. The molecule has 98 valence electrons. The van der Waals surface area contributed by atoms with Crippen molar-refractivity contribution in [3.8, 4) is 0 Å². The van der Waals surface area contributed by atoms with Gasteiger partial charge in [-0.3, -0.25) is 14.6 Å². The Morgan fingerprint density at radius 2 is 1.94 bits per heavy atom. The van der Waals surface area contributed by atoms with Gasteiger partial charge >= 0.3 is 11.9 Å². The van der Waals surface area contributed by atoms with Gasteiger partial charge in [0.25, 0.3) is 0 Å². The van der Waals surface area contributed by atoms with E-state index in [2.05, 4.69) is 10.3 Å². The third-order valence-electron chi connectivity index (χ3n) is 2.01. The van der Waals surface area contributed by atoms with E-state index in [0.717, 1.165) is 0 Å². The van der Waals surface area contributed by atoms with Crippen molar-refractivity contribution in [2.45, 2.75) is 31.8 Å². The number of aliphatic carboxylic acids is 2. The van der Waals surface area contributed by atoms with E-state index in [1.807, 2.05) is 0 Å². The summed E-state index contributed by atoms with van der Waals surface area (Å²) in [5.74, 6) is -2.07. The van der Waals surface area contributed by atoms with Crippen molar-refractivity contribution in [3.05, 3.63) is 0 Å². The summed E-state index contributed by atoms with van der Waals surface area (Å²) < 4.78 is 0. The van der Waals surface area contributed by atoms with E-state index in [4.69, 9.17) is 21.7 Å². The molecular weight excluding hydrogens is 228 g/mol. The SMILES string of the molecule is CC(NC(N)=NCCC[C@H](N)C(=O)O)C(=O)O. The Balaban J connectivity index is 3.85. The van der Waals surface area contributed by atoms with Gasteiger partial charge in [-0.1, -0.05) is 0 Å². The molecule has 8 nitrogen and oxygen atoms in total. The van der Waals surface area contributed by atoms with Crippen LogP contribution in [0.15, 0.2) is 4.99 Å². The first-order valence-corrected chi connectivity index (χ1v) is 5.12. The minimum atomic E-state index is -1.06. The molecule has 0 saturated heterocycles. The van der Waals surface area contributed by atoms with Gasteiger partial charge in [0.2, 0.25) is 0 Å². The Morgan fingerprint density at radius 3 is 2.41 bits per heavy atom.